The average Bonchev–Trinajstić information content (AvgIpc) is 2.86. The van der Waals surface area contributed by atoms with Gasteiger partial charge in [-0.1, -0.05) is 42.5 Å². The van der Waals surface area contributed by atoms with E-state index in [0.717, 1.165) is 5.56 Å². The standard InChI is InChI=1S/C28H28N2O8/c1-30(2)21-20-23(33)17-14(11-12-7-4-3-5-8-12)13-9-6-10-15(31)16(13)22(32)18(17)25(35)28(20,38)26(36)19(24(21)34)27(29)37/h3-10,14,17-21,23,31,33,38H,11H2,1-2H3,(H2,29,37)/t14?,17-,18?,19?,20-,21+,23+,28+/m1/s1. The number of aliphatic hydroxyl groups is 2. The number of Topliss-reactive ketones (excluding diaryl/α,β-unsaturated/α-hetero) is 4. The van der Waals surface area contributed by atoms with E-state index in [4.69, 9.17) is 5.73 Å². The van der Waals surface area contributed by atoms with Crippen LogP contribution in [0.2, 0.25) is 0 Å². The molecule has 0 saturated heterocycles. The monoisotopic (exact) mass is 520 g/mol. The van der Waals surface area contributed by atoms with E-state index in [-0.39, 0.29) is 17.7 Å². The lowest BCUT2D eigenvalue weighted by molar-refractivity contribution is -0.197. The molecule has 198 valence electrons. The number of ketones is 4. The van der Waals surface area contributed by atoms with Gasteiger partial charge in [-0.05, 0) is 43.6 Å². The molecule has 10 nitrogen and oxygen atoms in total. The lowest BCUT2D eigenvalue weighted by Gasteiger charge is -2.56. The van der Waals surface area contributed by atoms with Crippen molar-refractivity contribution in [2.45, 2.75) is 30.1 Å². The zero-order valence-electron chi connectivity index (χ0n) is 20.8. The number of aromatic hydroxyl groups is 1. The largest absolute Gasteiger partial charge is 0.507 e. The van der Waals surface area contributed by atoms with Gasteiger partial charge in [0.1, 0.15) is 5.75 Å². The van der Waals surface area contributed by atoms with Crippen molar-refractivity contribution in [1.82, 2.24) is 4.90 Å². The zero-order chi connectivity index (χ0) is 27.7. The van der Waals surface area contributed by atoms with Crippen molar-refractivity contribution in [2.75, 3.05) is 14.1 Å². The van der Waals surface area contributed by atoms with Gasteiger partial charge in [-0.3, -0.25) is 28.9 Å². The highest BCUT2D eigenvalue weighted by Gasteiger charge is 2.73. The Kier molecular flexibility index (Phi) is 6.09. The van der Waals surface area contributed by atoms with Crippen LogP contribution in [-0.4, -0.2) is 81.1 Å². The average molecular weight is 521 g/mol. The maximum atomic E-state index is 14.1. The molecule has 3 aliphatic rings. The van der Waals surface area contributed by atoms with Gasteiger partial charge in [0.2, 0.25) is 5.91 Å². The maximum absolute atomic E-state index is 14.1. The van der Waals surface area contributed by atoms with Crippen LogP contribution < -0.4 is 5.73 Å². The summed E-state index contributed by atoms with van der Waals surface area (Å²) in [6, 6.07) is 12.2. The van der Waals surface area contributed by atoms with E-state index < -0.39 is 76.4 Å². The lowest BCUT2D eigenvalue weighted by Crippen LogP contribution is -2.77. The molecule has 3 aliphatic carbocycles. The molecule has 1 amide bonds. The van der Waals surface area contributed by atoms with Crippen LogP contribution in [-0.2, 0) is 25.6 Å². The summed E-state index contributed by atoms with van der Waals surface area (Å²) < 4.78 is 0. The third-order valence-corrected chi connectivity index (χ3v) is 8.45. The molecule has 10 heteroatoms. The molecular formula is C28H28N2O8. The van der Waals surface area contributed by atoms with Gasteiger partial charge >= 0.3 is 0 Å². The number of phenolic OH excluding ortho intramolecular Hbond substituents is 1. The molecular weight excluding hydrogens is 492 g/mol. The van der Waals surface area contributed by atoms with E-state index in [9.17, 15) is 39.3 Å². The number of amides is 1. The number of aliphatic hydroxyl groups excluding tert-OH is 1. The van der Waals surface area contributed by atoms with Crippen molar-refractivity contribution in [3.63, 3.8) is 0 Å². The number of nitrogens with two attached hydrogens (primary N) is 1. The number of carbonyl (C=O) groups excluding carboxylic acids is 5. The maximum Gasteiger partial charge on any atom is 0.235 e. The zero-order valence-corrected chi connectivity index (χ0v) is 20.8. The van der Waals surface area contributed by atoms with Crippen molar-refractivity contribution in [1.29, 1.82) is 0 Å². The fourth-order valence-electron chi connectivity index (χ4n) is 6.88. The summed E-state index contributed by atoms with van der Waals surface area (Å²) >= 11 is 0. The second-order valence-corrected chi connectivity index (χ2v) is 10.6. The second kappa shape index (κ2) is 8.93. The smallest absolute Gasteiger partial charge is 0.235 e. The van der Waals surface area contributed by atoms with Crippen LogP contribution in [0.3, 0.4) is 0 Å². The number of likely N-dealkylation sites (N-methyl/N-ethyl adjacent to an activating group) is 1. The molecule has 38 heavy (non-hydrogen) atoms. The van der Waals surface area contributed by atoms with E-state index in [2.05, 4.69) is 0 Å². The Hall–Kier alpha value is -3.73. The highest BCUT2D eigenvalue weighted by atomic mass is 16.3. The predicted octanol–water partition coefficient (Wildman–Crippen LogP) is -0.378. The van der Waals surface area contributed by atoms with Gasteiger partial charge in [0, 0.05) is 5.92 Å². The van der Waals surface area contributed by atoms with Gasteiger partial charge in [-0.25, -0.2) is 0 Å². The van der Waals surface area contributed by atoms with Gasteiger partial charge in [0.15, 0.2) is 34.7 Å². The highest BCUT2D eigenvalue weighted by molar-refractivity contribution is 6.32. The summed E-state index contributed by atoms with van der Waals surface area (Å²) in [5.74, 6) is -13.4. The summed E-state index contributed by atoms with van der Waals surface area (Å²) in [6.07, 6.45) is -1.41. The van der Waals surface area contributed by atoms with E-state index in [1.54, 1.807) is 12.1 Å². The minimum absolute atomic E-state index is 0.118. The molecule has 2 aromatic carbocycles. The molecule has 2 saturated carbocycles. The Morgan fingerprint density at radius 1 is 1.00 bits per heavy atom. The number of fused-ring (bicyclic) bond motifs is 3. The van der Waals surface area contributed by atoms with Crippen molar-refractivity contribution >= 4 is 29.0 Å². The number of nitrogens with zero attached hydrogens (tertiary/aromatic N) is 1. The van der Waals surface area contributed by atoms with Gasteiger partial charge in [0.05, 0.1) is 29.5 Å². The molecule has 0 heterocycles. The first-order valence-electron chi connectivity index (χ1n) is 12.3. The van der Waals surface area contributed by atoms with Crippen LogP contribution in [0, 0.1) is 23.7 Å². The molecule has 2 aromatic rings. The third kappa shape index (κ3) is 3.40. The Bertz CT molecular complexity index is 1370. The Labute approximate surface area is 218 Å². The number of primary amides is 1. The first kappa shape index (κ1) is 25.9. The van der Waals surface area contributed by atoms with Crippen molar-refractivity contribution in [3.8, 4) is 5.75 Å². The minimum atomic E-state index is -3.02. The number of hydrogen-bond donors (Lipinski definition) is 4. The first-order valence-corrected chi connectivity index (χ1v) is 12.3. The summed E-state index contributed by atoms with van der Waals surface area (Å²) in [5, 5.41) is 34.2. The normalized spacial score (nSPS) is 34.5. The SMILES string of the molecule is CN(C)[C@@H]1C(=O)C(C(N)=O)C(=O)[C@@]2(O)C(=O)C3C(=O)c4c(O)cccc4C(Cc4ccccc4)[C@H]3[C@H](O)[C@@H]12. The topological polar surface area (TPSA) is 175 Å². The molecule has 0 spiro atoms. The molecule has 3 unspecified atom stereocenters. The van der Waals surface area contributed by atoms with Crippen LogP contribution in [0.5, 0.6) is 5.75 Å². The molecule has 0 bridgehead atoms. The van der Waals surface area contributed by atoms with Crippen LogP contribution in [0.15, 0.2) is 48.5 Å². The summed E-state index contributed by atoms with van der Waals surface area (Å²) in [6.45, 7) is 0. The number of hydrogen-bond acceptors (Lipinski definition) is 9. The second-order valence-electron chi connectivity index (χ2n) is 10.6. The van der Waals surface area contributed by atoms with E-state index in [0.29, 0.717) is 5.56 Å². The molecule has 2 fully saturated rings. The van der Waals surface area contributed by atoms with Gasteiger partial charge in [0.25, 0.3) is 0 Å². The number of rotatable bonds is 4. The Morgan fingerprint density at radius 2 is 1.66 bits per heavy atom. The summed E-state index contributed by atoms with van der Waals surface area (Å²) in [7, 11) is 2.92. The predicted molar refractivity (Wildman–Crippen MR) is 132 cm³/mol. The fraction of sp³-hybridized carbons (Fsp3) is 0.393. The minimum Gasteiger partial charge on any atom is -0.507 e. The van der Waals surface area contributed by atoms with Crippen LogP contribution in [0.1, 0.15) is 27.4 Å². The molecule has 5 N–H and O–H groups in total. The van der Waals surface area contributed by atoms with E-state index in [1.807, 2.05) is 30.3 Å². The number of phenols is 1. The van der Waals surface area contributed by atoms with Crippen LogP contribution in [0.4, 0.5) is 0 Å². The van der Waals surface area contributed by atoms with Crippen LogP contribution in [0.25, 0.3) is 0 Å². The summed E-state index contributed by atoms with van der Waals surface area (Å²) in [4.78, 5) is 68.1. The van der Waals surface area contributed by atoms with E-state index >= 15 is 0 Å². The number of benzene rings is 2. The third-order valence-electron chi connectivity index (χ3n) is 8.45. The van der Waals surface area contributed by atoms with Gasteiger partial charge in [-0.15, -0.1) is 0 Å². The summed E-state index contributed by atoms with van der Waals surface area (Å²) in [5.41, 5.74) is 3.45. The molecule has 8 atom stereocenters. The fourth-order valence-corrected chi connectivity index (χ4v) is 6.88. The molecule has 0 radical (unpaired) electrons. The van der Waals surface area contributed by atoms with Crippen molar-refractivity contribution in [3.05, 3.63) is 65.2 Å². The van der Waals surface area contributed by atoms with Crippen molar-refractivity contribution < 1.29 is 39.3 Å². The number of carbonyl (C=O) groups is 5. The molecule has 0 aliphatic heterocycles. The van der Waals surface area contributed by atoms with Gasteiger partial charge < -0.3 is 21.1 Å². The highest BCUT2D eigenvalue weighted by Crippen LogP contribution is 2.55. The molecule has 5 rings (SSSR count). The van der Waals surface area contributed by atoms with E-state index in [1.165, 1.54) is 25.1 Å². The Balaban J connectivity index is 1.74. The quantitative estimate of drug-likeness (QED) is 0.392. The lowest BCUT2D eigenvalue weighted by atomic mass is 9.49. The van der Waals surface area contributed by atoms with Crippen LogP contribution >= 0.6 is 0 Å². The first-order chi connectivity index (χ1) is 17.9. The van der Waals surface area contributed by atoms with Gasteiger partial charge in [-0.2, -0.15) is 0 Å². The van der Waals surface area contributed by atoms with Crippen molar-refractivity contribution in [2.24, 2.45) is 29.4 Å². The Morgan fingerprint density at radius 3 is 2.26 bits per heavy atom. The molecule has 0 aromatic heterocycles.